The number of pyridine rings is 1. The van der Waals surface area contributed by atoms with Gasteiger partial charge in [-0.15, -0.1) is 0 Å². The predicted molar refractivity (Wildman–Crippen MR) is 83.2 cm³/mol. The van der Waals surface area contributed by atoms with Crippen LogP contribution in [0.2, 0.25) is 5.02 Å². The molecule has 20 heavy (non-hydrogen) atoms. The molecule has 3 heteroatoms. The summed E-state index contributed by atoms with van der Waals surface area (Å²) in [5.74, 6) is 0.625. The highest BCUT2D eigenvalue weighted by Crippen LogP contribution is 2.39. The third-order valence-corrected chi connectivity index (χ3v) is 4.40. The van der Waals surface area contributed by atoms with Crippen LogP contribution in [0.4, 0.5) is 0 Å². The molecule has 1 aliphatic carbocycles. The fourth-order valence-electron chi connectivity index (χ4n) is 2.81. The summed E-state index contributed by atoms with van der Waals surface area (Å²) in [6.45, 7) is 1.02. The molecule has 2 aromatic rings. The smallest absolute Gasteiger partial charge is 0.0440 e. The van der Waals surface area contributed by atoms with E-state index >= 15 is 0 Å². The number of rotatable bonds is 5. The van der Waals surface area contributed by atoms with E-state index in [1.165, 1.54) is 24.0 Å². The van der Waals surface area contributed by atoms with E-state index in [0.29, 0.717) is 12.0 Å². The Morgan fingerprint density at radius 3 is 2.75 bits per heavy atom. The average molecular weight is 287 g/mol. The molecule has 0 unspecified atom stereocenters. The van der Waals surface area contributed by atoms with Crippen molar-refractivity contribution in [3.63, 3.8) is 0 Å². The molecule has 1 fully saturated rings. The Kier molecular flexibility index (Phi) is 4.34. The van der Waals surface area contributed by atoms with E-state index in [1.54, 1.807) is 0 Å². The van der Waals surface area contributed by atoms with Crippen molar-refractivity contribution >= 4 is 11.6 Å². The predicted octanol–water partition coefficient (Wildman–Crippen LogP) is 3.81. The van der Waals surface area contributed by atoms with E-state index in [4.69, 9.17) is 11.6 Å². The molecule has 0 radical (unpaired) electrons. The maximum Gasteiger partial charge on any atom is 0.0440 e. The molecule has 104 valence electrons. The minimum Gasteiger partial charge on any atom is -0.314 e. The number of hydrogen-bond acceptors (Lipinski definition) is 2. The van der Waals surface area contributed by atoms with Crippen LogP contribution in [-0.2, 0) is 6.42 Å². The molecule has 1 heterocycles. The summed E-state index contributed by atoms with van der Waals surface area (Å²) in [6.07, 6.45) is 7.18. The fourth-order valence-corrected chi connectivity index (χ4v) is 3.10. The zero-order chi connectivity index (χ0) is 13.8. The molecule has 0 saturated heterocycles. The van der Waals surface area contributed by atoms with Gasteiger partial charge in [-0.05, 0) is 55.0 Å². The second-order valence-electron chi connectivity index (χ2n) is 5.45. The third kappa shape index (κ3) is 3.20. The van der Waals surface area contributed by atoms with Gasteiger partial charge in [-0.3, -0.25) is 4.98 Å². The highest BCUT2D eigenvalue weighted by molar-refractivity contribution is 6.31. The Morgan fingerprint density at radius 2 is 2.00 bits per heavy atom. The Morgan fingerprint density at radius 1 is 1.15 bits per heavy atom. The van der Waals surface area contributed by atoms with Crippen molar-refractivity contribution < 1.29 is 0 Å². The summed E-state index contributed by atoms with van der Waals surface area (Å²) in [5, 5.41) is 4.52. The number of aromatic nitrogens is 1. The lowest BCUT2D eigenvalue weighted by molar-refractivity contribution is 0.293. The van der Waals surface area contributed by atoms with Crippen molar-refractivity contribution in [3.8, 4) is 0 Å². The summed E-state index contributed by atoms with van der Waals surface area (Å²) in [7, 11) is 0. The summed E-state index contributed by atoms with van der Waals surface area (Å²) in [6, 6.07) is 13.0. The first kappa shape index (κ1) is 13.6. The van der Waals surface area contributed by atoms with Crippen molar-refractivity contribution in [2.24, 2.45) is 0 Å². The second kappa shape index (κ2) is 6.38. The molecule has 0 aliphatic heterocycles. The van der Waals surface area contributed by atoms with Crippen LogP contribution in [-0.4, -0.2) is 17.6 Å². The number of nitrogens with zero attached hydrogens (tertiary/aromatic N) is 1. The number of hydrogen-bond donors (Lipinski definition) is 1. The Labute approximate surface area is 125 Å². The van der Waals surface area contributed by atoms with Crippen molar-refractivity contribution in [1.82, 2.24) is 10.3 Å². The molecular weight excluding hydrogens is 268 g/mol. The molecule has 0 spiro atoms. The summed E-state index contributed by atoms with van der Waals surface area (Å²) in [4.78, 5) is 4.14. The van der Waals surface area contributed by atoms with Gasteiger partial charge in [0.1, 0.15) is 0 Å². The van der Waals surface area contributed by atoms with Crippen LogP contribution in [0.15, 0.2) is 48.8 Å². The van der Waals surface area contributed by atoms with Gasteiger partial charge in [0.25, 0.3) is 0 Å². The van der Waals surface area contributed by atoms with E-state index in [1.807, 2.05) is 30.6 Å². The summed E-state index contributed by atoms with van der Waals surface area (Å²) >= 11 is 6.24. The minimum atomic E-state index is 0.625. The first-order chi connectivity index (χ1) is 9.83. The van der Waals surface area contributed by atoms with Crippen LogP contribution in [0.1, 0.15) is 29.9 Å². The van der Waals surface area contributed by atoms with Crippen LogP contribution in [0.25, 0.3) is 0 Å². The highest BCUT2D eigenvalue weighted by Gasteiger charge is 2.30. The van der Waals surface area contributed by atoms with Crippen LogP contribution < -0.4 is 5.32 Å². The minimum absolute atomic E-state index is 0.625. The molecule has 1 aromatic carbocycles. The van der Waals surface area contributed by atoms with Crippen LogP contribution >= 0.6 is 11.6 Å². The van der Waals surface area contributed by atoms with Gasteiger partial charge >= 0.3 is 0 Å². The van der Waals surface area contributed by atoms with E-state index < -0.39 is 0 Å². The Balaban J connectivity index is 1.42. The van der Waals surface area contributed by atoms with Gasteiger partial charge in [-0.2, -0.15) is 0 Å². The van der Waals surface area contributed by atoms with Crippen LogP contribution in [0, 0.1) is 0 Å². The number of halogens is 1. The quantitative estimate of drug-likeness (QED) is 0.904. The third-order valence-electron chi connectivity index (χ3n) is 4.05. The Hall–Kier alpha value is -1.38. The van der Waals surface area contributed by atoms with Gasteiger partial charge in [0, 0.05) is 23.5 Å². The zero-order valence-corrected chi connectivity index (χ0v) is 12.2. The van der Waals surface area contributed by atoms with Gasteiger partial charge in [0.05, 0.1) is 0 Å². The van der Waals surface area contributed by atoms with Gasteiger partial charge in [0.15, 0.2) is 0 Å². The summed E-state index contributed by atoms with van der Waals surface area (Å²) in [5.41, 5.74) is 2.60. The van der Waals surface area contributed by atoms with Gasteiger partial charge < -0.3 is 5.32 Å². The number of benzene rings is 1. The molecule has 1 aliphatic rings. The van der Waals surface area contributed by atoms with E-state index in [-0.39, 0.29) is 0 Å². The van der Waals surface area contributed by atoms with E-state index in [9.17, 15) is 0 Å². The molecule has 0 bridgehead atoms. The van der Waals surface area contributed by atoms with Crippen molar-refractivity contribution in [2.45, 2.75) is 31.2 Å². The SMILES string of the molecule is Clc1ccccc1C1CC(NCCc2cccnc2)C1. The largest absolute Gasteiger partial charge is 0.314 e. The molecule has 0 atom stereocenters. The van der Waals surface area contributed by atoms with Crippen molar-refractivity contribution in [3.05, 3.63) is 64.9 Å². The van der Waals surface area contributed by atoms with Crippen LogP contribution in [0.3, 0.4) is 0 Å². The monoisotopic (exact) mass is 286 g/mol. The lowest BCUT2D eigenvalue weighted by Gasteiger charge is -2.36. The molecule has 0 amide bonds. The van der Waals surface area contributed by atoms with E-state index in [2.05, 4.69) is 28.5 Å². The average Bonchev–Trinajstić information content (AvgIpc) is 2.44. The molecule has 2 nitrogen and oxygen atoms in total. The van der Waals surface area contributed by atoms with Crippen molar-refractivity contribution in [2.75, 3.05) is 6.54 Å². The number of nitrogens with one attached hydrogen (secondary N) is 1. The molecule has 1 N–H and O–H groups in total. The summed E-state index contributed by atoms with van der Waals surface area (Å²) < 4.78 is 0. The fraction of sp³-hybridized carbons (Fsp3) is 0.353. The zero-order valence-electron chi connectivity index (χ0n) is 11.4. The molecule has 1 saturated carbocycles. The topological polar surface area (TPSA) is 24.9 Å². The van der Waals surface area contributed by atoms with Gasteiger partial charge in [0.2, 0.25) is 0 Å². The standard InChI is InChI=1S/C17H19ClN2/c18-17-6-2-1-5-16(17)14-10-15(11-14)20-9-7-13-4-3-8-19-12-13/h1-6,8,12,14-15,20H,7,9-11H2. The maximum atomic E-state index is 6.24. The van der Waals surface area contributed by atoms with Crippen molar-refractivity contribution in [1.29, 1.82) is 0 Å². The molecule has 1 aromatic heterocycles. The van der Waals surface area contributed by atoms with Gasteiger partial charge in [-0.25, -0.2) is 0 Å². The first-order valence-corrected chi connectivity index (χ1v) is 7.57. The lowest BCUT2D eigenvalue weighted by atomic mass is 9.76. The Bertz CT molecular complexity index is 550. The lowest BCUT2D eigenvalue weighted by Crippen LogP contribution is -2.41. The first-order valence-electron chi connectivity index (χ1n) is 7.19. The second-order valence-corrected chi connectivity index (χ2v) is 5.86. The molecular formula is C17H19ClN2. The normalized spacial score (nSPS) is 21.4. The maximum absolute atomic E-state index is 6.24. The molecule has 3 rings (SSSR count). The van der Waals surface area contributed by atoms with Crippen LogP contribution in [0.5, 0.6) is 0 Å². The highest BCUT2D eigenvalue weighted by atomic mass is 35.5. The van der Waals surface area contributed by atoms with Gasteiger partial charge in [-0.1, -0.05) is 35.9 Å². The van der Waals surface area contributed by atoms with E-state index in [0.717, 1.165) is 18.0 Å².